The third-order valence-electron chi connectivity index (χ3n) is 6.02. The van der Waals surface area contributed by atoms with Crippen molar-refractivity contribution in [2.45, 2.75) is 13.5 Å². The van der Waals surface area contributed by atoms with E-state index in [0.717, 1.165) is 16.7 Å². The molecule has 0 unspecified atom stereocenters. The van der Waals surface area contributed by atoms with Gasteiger partial charge in [0.1, 0.15) is 17.7 Å². The number of hydrogen-bond acceptors (Lipinski definition) is 6. The van der Waals surface area contributed by atoms with E-state index < -0.39 is 5.82 Å². The minimum atomic E-state index is -0.408. The van der Waals surface area contributed by atoms with Crippen LogP contribution >= 0.6 is 0 Å². The average Bonchev–Trinajstić information content (AvgIpc) is 3.52. The van der Waals surface area contributed by atoms with Crippen LogP contribution in [0.25, 0.3) is 45.1 Å². The molecule has 5 rings (SSSR count). The summed E-state index contributed by atoms with van der Waals surface area (Å²) in [6.07, 6.45) is 1.57. The predicted molar refractivity (Wildman–Crippen MR) is 133 cm³/mol. The summed E-state index contributed by atoms with van der Waals surface area (Å²) in [6, 6.07) is 13.8. The zero-order valence-corrected chi connectivity index (χ0v) is 20.2. The second kappa shape index (κ2) is 9.96. The van der Waals surface area contributed by atoms with Crippen LogP contribution in [0.5, 0.6) is 0 Å². The first-order valence-corrected chi connectivity index (χ1v) is 11.5. The summed E-state index contributed by atoms with van der Waals surface area (Å²) in [6.45, 7) is 3.39. The molecule has 0 saturated heterocycles. The number of benzene rings is 3. The monoisotopic (exact) mass is 489 g/mol. The normalized spacial score (nSPS) is 11.5. The number of fused-ring (bicyclic) bond motifs is 1. The highest BCUT2D eigenvalue weighted by molar-refractivity contribution is 5.84. The van der Waals surface area contributed by atoms with Crippen molar-refractivity contribution in [3.05, 3.63) is 77.6 Å². The Bertz CT molecular complexity index is 1540. The molecule has 0 spiro atoms. The van der Waals surface area contributed by atoms with Crippen LogP contribution in [-0.2, 0) is 18.3 Å². The third-order valence-corrected chi connectivity index (χ3v) is 6.02. The van der Waals surface area contributed by atoms with Crippen LogP contribution in [0.15, 0.2) is 59.3 Å². The first-order chi connectivity index (χ1) is 17.5. The molecule has 0 fully saturated rings. The van der Waals surface area contributed by atoms with Gasteiger partial charge in [-0.2, -0.15) is 0 Å². The summed E-state index contributed by atoms with van der Waals surface area (Å²) in [5.41, 5.74) is 4.80. The van der Waals surface area contributed by atoms with Crippen LogP contribution in [0.3, 0.4) is 0 Å². The van der Waals surface area contributed by atoms with E-state index in [1.807, 2.05) is 31.2 Å². The zero-order chi connectivity index (χ0) is 25.2. The molecule has 0 radical (unpaired) electrons. The Kier molecular flexibility index (Phi) is 6.58. The predicted octanol–water partition coefficient (Wildman–Crippen LogP) is 5.28. The summed E-state index contributed by atoms with van der Waals surface area (Å²) in [4.78, 5) is 4.50. The molecule has 7 nitrogen and oxygen atoms in total. The molecule has 0 amide bonds. The number of halogens is 2. The van der Waals surface area contributed by atoms with Crippen molar-refractivity contribution in [2.24, 2.45) is 7.05 Å². The lowest BCUT2D eigenvalue weighted by molar-refractivity contribution is 0.199. The molecular weight excluding hydrogens is 464 g/mol. The van der Waals surface area contributed by atoms with Crippen LogP contribution in [0, 0.1) is 18.6 Å². The van der Waals surface area contributed by atoms with Gasteiger partial charge in [-0.25, -0.2) is 13.8 Å². The Labute approximate surface area is 206 Å². The van der Waals surface area contributed by atoms with Crippen molar-refractivity contribution >= 4 is 11.1 Å². The molecule has 0 atom stereocenters. The van der Waals surface area contributed by atoms with Crippen LogP contribution in [0.1, 0.15) is 11.1 Å². The minimum absolute atomic E-state index is 0.195. The topological polar surface area (TPSA) is 78.0 Å². The quantitative estimate of drug-likeness (QED) is 0.299. The van der Waals surface area contributed by atoms with Crippen molar-refractivity contribution in [2.75, 3.05) is 20.3 Å². The van der Waals surface area contributed by atoms with Crippen molar-refractivity contribution in [1.29, 1.82) is 0 Å². The number of ether oxygens (including phenoxy) is 1. The lowest BCUT2D eigenvalue weighted by Crippen LogP contribution is -2.19. The molecule has 184 valence electrons. The third kappa shape index (κ3) is 4.50. The molecule has 0 aliphatic carbocycles. The van der Waals surface area contributed by atoms with Gasteiger partial charge in [0.05, 0.1) is 6.61 Å². The largest absolute Gasteiger partial charge is 0.436 e. The summed E-state index contributed by atoms with van der Waals surface area (Å²) in [7, 11) is 3.42. The number of hydrogen-bond donors (Lipinski definition) is 1. The summed E-state index contributed by atoms with van der Waals surface area (Å²) >= 11 is 0. The molecule has 36 heavy (non-hydrogen) atoms. The van der Waals surface area contributed by atoms with Gasteiger partial charge >= 0.3 is 0 Å². The standard InChI is InChI=1S/C27H25F2N5O2/c1-16-11-19(14-30-9-10-35-3)23(29)24-25(16)36-27(32-24)18-6-4-5-17(12-18)21-8-7-20(28)13-22(21)26-33-31-15-34(26)2/h4-8,11-13,15,30H,9-10,14H2,1-3H3. The van der Waals surface area contributed by atoms with E-state index in [4.69, 9.17) is 9.15 Å². The highest BCUT2D eigenvalue weighted by Crippen LogP contribution is 2.35. The molecule has 2 aromatic heterocycles. The lowest BCUT2D eigenvalue weighted by atomic mass is 9.97. The maximum atomic E-state index is 15.3. The fourth-order valence-corrected chi connectivity index (χ4v) is 4.23. The van der Waals surface area contributed by atoms with E-state index in [-0.39, 0.29) is 11.3 Å². The SMILES string of the molecule is COCCNCc1cc(C)c2oc(-c3cccc(-c4ccc(F)cc4-c4nncn4C)c3)nc2c1F. The summed E-state index contributed by atoms with van der Waals surface area (Å²) in [5.74, 6) is 0.0712. The van der Waals surface area contributed by atoms with E-state index >= 15 is 4.39 Å². The molecule has 0 aliphatic heterocycles. The Morgan fingerprint density at radius 1 is 1.06 bits per heavy atom. The average molecular weight is 490 g/mol. The van der Waals surface area contributed by atoms with Crippen LogP contribution < -0.4 is 5.32 Å². The first kappa shape index (κ1) is 23.8. The molecule has 1 N–H and O–H groups in total. The molecule has 5 aromatic rings. The van der Waals surface area contributed by atoms with E-state index in [1.54, 1.807) is 37.2 Å². The summed E-state index contributed by atoms with van der Waals surface area (Å²) < 4.78 is 42.2. The highest BCUT2D eigenvalue weighted by atomic mass is 19.1. The zero-order valence-electron chi connectivity index (χ0n) is 20.2. The first-order valence-electron chi connectivity index (χ1n) is 11.5. The van der Waals surface area contributed by atoms with E-state index in [0.29, 0.717) is 53.7 Å². The van der Waals surface area contributed by atoms with Gasteiger partial charge in [-0.15, -0.1) is 10.2 Å². The Balaban J connectivity index is 1.54. The number of oxazole rings is 1. The molecule has 0 saturated carbocycles. The summed E-state index contributed by atoms with van der Waals surface area (Å²) in [5, 5.41) is 11.2. The number of nitrogens with zero attached hydrogens (tertiary/aromatic N) is 4. The highest BCUT2D eigenvalue weighted by Gasteiger charge is 2.19. The fraction of sp³-hybridized carbons (Fsp3) is 0.222. The van der Waals surface area contributed by atoms with E-state index in [2.05, 4.69) is 20.5 Å². The lowest BCUT2D eigenvalue weighted by Gasteiger charge is -2.10. The number of rotatable bonds is 8. The molecule has 9 heteroatoms. The second-order valence-electron chi connectivity index (χ2n) is 8.57. The minimum Gasteiger partial charge on any atom is -0.436 e. The van der Waals surface area contributed by atoms with Gasteiger partial charge in [-0.3, -0.25) is 0 Å². The van der Waals surface area contributed by atoms with E-state index in [9.17, 15) is 4.39 Å². The number of methoxy groups -OCH3 is 1. The van der Waals surface area contributed by atoms with Gasteiger partial charge < -0.3 is 19.0 Å². The smallest absolute Gasteiger partial charge is 0.227 e. The van der Waals surface area contributed by atoms with Gasteiger partial charge in [0.25, 0.3) is 0 Å². The van der Waals surface area contributed by atoms with Crippen molar-refractivity contribution in [3.63, 3.8) is 0 Å². The Morgan fingerprint density at radius 2 is 1.89 bits per heavy atom. The fourth-order valence-electron chi connectivity index (χ4n) is 4.23. The van der Waals surface area contributed by atoms with Crippen LogP contribution in [-0.4, -0.2) is 40.0 Å². The van der Waals surface area contributed by atoms with E-state index in [1.165, 1.54) is 12.1 Å². The van der Waals surface area contributed by atoms with Crippen molar-refractivity contribution in [3.8, 4) is 34.0 Å². The van der Waals surface area contributed by atoms with Gasteiger partial charge in [0, 0.05) is 43.9 Å². The van der Waals surface area contributed by atoms with Crippen LogP contribution in [0.4, 0.5) is 8.78 Å². The van der Waals surface area contributed by atoms with Gasteiger partial charge in [-0.1, -0.05) is 18.2 Å². The maximum Gasteiger partial charge on any atom is 0.227 e. The number of aromatic nitrogens is 4. The Hall–Kier alpha value is -3.95. The van der Waals surface area contributed by atoms with Crippen molar-refractivity contribution in [1.82, 2.24) is 25.1 Å². The van der Waals surface area contributed by atoms with Crippen LogP contribution in [0.2, 0.25) is 0 Å². The molecule has 2 heterocycles. The van der Waals surface area contributed by atoms with Gasteiger partial charge in [0.15, 0.2) is 17.2 Å². The van der Waals surface area contributed by atoms with Crippen molar-refractivity contribution < 1.29 is 17.9 Å². The maximum absolute atomic E-state index is 15.3. The second-order valence-corrected chi connectivity index (χ2v) is 8.57. The molecule has 0 aliphatic rings. The molecule has 0 bridgehead atoms. The number of nitrogens with one attached hydrogen (secondary N) is 1. The van der Waals surface area contributed by atoms with Gasteiger partial charge in [0.2, 0.25) is 5.89 Å². The molecule has 3 aromatic carbocycles. The number of aryl methyl sites for hydroxylation is 2. The van der Waals surface area contributed by atoms with Gasteiger partial charge in [-0.05, 0) is 53.9 Å². The molecular formula is C27H25F2N5O2. The Morgan fingerprint density at radius 3 is 2.67 bits per heavy atom.